The largest absolute Gasteiger partial charge is 0.460 e. The van der Waals surface area contributed by atoms with E-state index in [2.05, 4.69) is 45.0 Å². The van der Waals surface area contributed by atoms with Crippen LogP contribution in [-0.2, 0) is 39.6 Å². The molecule has 0 atom stereocenters. The first kappa shape index (κ1) is 33.9. The van der Waals surface area contributed by atoms with E-state index in [-0.39, 0.29) is 31.2 Å². The third-order valence-corrected chi connectivity index (χ3v) is 12.6. The van der Waals surface area contributed by atoms with E-state index in [0.29, 0.717) is 0 Å². The molecule has 0 bridgehead atoms. The fraction of sp³-hybridized carbons (Fsp3) is 0.382. The number of ether oxygens (including phenoxy) is 3. The molecule has 230 valence electrons. The van der Waals surface area contributed by atoms with Gasteiger partial charge in [-0.25, -0.2) is 0 Å². The highest BCUT2D eigenvalue weighted by Gasteiger charge is 2.50. The second-order valence-electron chi connectivity index (χ2n) is 11.5. The van der Waals surface area contributed by atoms with Crippen molar-refractivity contribution < 1.29 is 33.0 Å². The number of hydrogen-bond acceptors (Lipinski definition) is 7. The van der Waals surface area contributed by atoms with Gasteiger partial charge in [-0.15, -0.1) is 0 Å². The first-order valence-electron chi connectivity index (χ1n) is 14.3. The van der Waals surface area contributed by atoms with E-state index >= 15 is 0 Å². The van der Waals surface area contributed by atoms with Crippen LogP contribution in [0.3, 0.4) is 0 Å². The Morgan fingerprint density at radius 1 is 0.767 bits per heavy atom. The number of hydrogen-bond donors (Lipinski definition) is 0. The zero-order chi connectivity index (χ0) is 31.5. The number of rotatable bonds is 15. The Labute approximate surface area is 256 Å². The summed E-state index contributed by atoms with van der Waals surface area (Å²) >= 11 is 0. The van der Waals surface area contributed by atoms with Crippen LogP contribution in [0.15, 0.2) is 91.0 Å². The van der Waals surface area contributed by atoms with Crippen LogP contribution in [0.25, 0.3) is 0 Å². The molecule has 0 heterocycles. The van der Waals surface area contributed by atoms with E-state index in [9.17, 15) is 14.4 Å². The van der Waals surface area contributed by atoms with E-state index in [1.54, 1.807) is 12.1 Å². The average molecular weight is 606 g/mol. The van der Waals surface area contributed by atoms with Crippen molar-refractivity contribution >= 4 is 36.4 Å². The van der Waals surface area contributed by atoms with Gasteiger partial charge in [-0.1, -0.05) is 112 Å². The molecule has 0 saturated carbocycles. The van der Waals surface area contributed by atoms with Gasteiger partial charge >= 0.3 is 5.97 Å². The summed E-state index contributed by atoms with van der Waals surface area (Å²) in [4.78, 5) is 39.0. The summed E-state index contributed by atoms with van der Waals surface area (Å²) in [5.41, 5.74) is 0.789. The highest BCUT2D eigenvalue weighted by atomic mass is 28.4. The van der Waals surface area contributed by atoms with Gasteiger partial charge in [-0.3, -0.25) is 14.4 Å². The predicted octanol–water partition coefficient (Wildman–Crippen LogP) is 4.10. The van der Waals surface area contributed by atoms with Gasteiger partial charge in [0.2, 0.25) is 5.78 Å². The Morgan fingerprint density at radius 3 is 1.72 bits per heavy atom. The second kappa shape index (κ2) is 15.2. The number of esters is 1. The molecule has 0 aliphatic rings. The maximum absolute atomic E-state index is 12.9. The first-order chi connectivity index (χ1) is 20.5. The summed E-state index contributed by atoms with van der Waals surface area (Å²) in [7, 11) is 1.66. The number of ketones is 1. The minimum Gasteiger partial charge on any atom is -0.460 e. The summed E-state index contributed by atoms with van der Waals surface area (Å²) < 4.78 is 23.7. The fourth-order valence-corrected chi connectivity index (χ4v) is 9.82. The Bertz CT molecular complexity index is 1280. The zero-order valence-corrected chi connectivity index (χ0v) is 27.0. The van der Waals surface area contributed by atoms with Crippen LogP contribution < -0.4 is 10.4 Å². The summed E-state index contributed by atoms with van der Waals surface area (Å²) in [6.45, 7) is 6.84. The lowest BCUT2D eigenvalue weighted by atomic mass is 10.1. The molecule has 8 nitrogen and oxygen atoms in total. The second-order valence-corrected chi connectivity index (χ2v) is 15.8. The summed E-state index contributed by atoms with van der Waals surface area (Å²) in [6.07, 6.45) is -0.366. The Morgan fingerprint density at radius 2 is 1.26 bits per heavy atom. The molecule has 0 aromatic heterocycles. The van der Waals surface area contributed by atoms with E-state index < -0.39 is 38.2 Å². The van der Waals surface area contributed by atoms with Crippen molar-refractivity contribution in [2.45, 2.75) is 51.0 Å². The Kier molecular flexibility index (Phi) is 12.0. The number of benzene rings is 3. The van der Waals surface area contributed by atoms with Crippen molar-refractivity contribution in [3.8, 4) is 0 Å². The van der Waals surface area contributed by atoms with Crippen molar-refractivity contribution in [3.63, 3.8) is 0 Å². The van der Waals surface area contributed by atoms with Crippen LogP contribution in [0.5, 0.6) is 0 Å². The molecule has 43 heavy (non-hydrogen) atoms. The third-order valence-electron chi connectivity index (χ3n) is 7.57. The van der Waals surface area contributed by atoms with Gasteiger partial charge in [0, 0.05) is 34.3 Å². The molecular formula is C34H43NO7Si. The predicted molar refractivity (Wildman–Crippen MR) is 168 cm³/mol. The number of likely N-dealkylation sites (N-methyl/N-ethyl adjacent to an activating group) is 1. The standard InChI is InChI=1S/C34H43NO7Si/c1-33(2,3)43(28-18-12-8-13-19-28,29-20-14-9-15-21-29)42-23-22-34(39-5,40-6)26-35(4)32(38)30(36)24-31(37)41-25-27-16-10-7-11-17-27/h7-21H,22-26H2,1-6H3. The lowest BCUT2D eigenvalue weighted by Gasteiger charge is -2.44. The monoisotopic (exact) mass is 605 g/mol. The number of carbonyl (C=O) groups is 3. The van der Waals surface area contributed by atoms with Crippen molar-refractivity contribution in [2.24, 2.45) is 0 Å². The highest BCUT2D eigenvalue weighted by Crippen LogP contribution is 2.37. The van der Waals surface area contributed by atoms with Crippen LogP contribution >= 0.6 is 0 Å². The van der Waals surface area contributed by atoms with Gasteiger partial charge < -0.3 is 23.5 Å². The van der Waals surface area contributed by atoms with Crippen LogP contribution in [0.4, 0.5) is 0 Å². The summed E-state index contributed by atoms with van der Waals surface area (Å²) in [5.74, 6) is -3.71. The van der Waals surface area contributed by atoms with E-state index in [1.165, 1.54) is 26.2 Å². The molecule has 9 heteroatoms. The summed E-state index contributed by atoms with van der Waals surface area (Å²) in [5, 5.41) is 2.07. The SMILES string of the molecule is COC(CCO[Si](c1ccccc1)(c1ccccc1)C(C)(C)C)(CN(C)C(=O)C(=O)CC(=O)OCc1ccccc1)OC. The minimum atomic E-state index is -2.80. The van der Waals surface area contributed by atoms with Crippen molar-refractivity contribution in [1.29, 1.82) is 0 Å². The number of amides is 1. The smallest absolute Gasteiger partial charge is 0.314 e. The first-order valence-corrected chi connectivity index (χ1v) is 16.2. The molecule has 3 aromatic carbocycles. The average Bonchev–Trinajstić information content (AvgIpc) is 3.01. The van der Waals surface area contributed by atoms with Crippen molar-refractivity contribution in [3.05, 3.63) is 96.6 Å². The molecule has 0 N–H and O–H groups in total. The summed E-state index contributed by atoms with van der Waals surface area (Å²) in [6, 6.07) is 29.7. The molecule has 0 aliphatic carbocycles. The maximum Gasteiger partial charge on any atom is 0.314 e. The van der Waals surface area contributed by atoms with Gasteiger partial charge in [0.15, 0.2) is 5.79 Å². The minimum absolute atomic E-state index is 0.0266. The quantitative estimate of drug-likeness (QED) is 0.0847. The molecule has 0 unspecified atom stereocenters. The zero-order valence-electron chi connectivity index (χ0n) is 26.0. The number of Topliss-reactive ketones (excluding diaryl/α,β-unsaturated/α-hetero) is 1. The Hall–Kier alpha value is -3.63. The normalized spacial score (nSPS) is 12.0. The van der Waals surface area contributed by atoms with Crippen molar-refractivity contribution in [1.82, 2.24) is 4.90 Å². The molecule has 0 spiro atoms. The van der Waals surface area contributed by atoms with Gasteiger partial charge in [-0.2, -0.15) is 0 Å². The van der Waals surface area contributed by atoms with E-state index in [1.807, 2.05) is 54.6 Å². The van der Waals surface area contributed by atoms with E-state index in [0.717, 1.165) is 15.9 Å². The lowest BCUT2D eigenvalue weighted by molar-refractivity contribution is -0.221. The lowest BCUT2D eigenvalue weighted by Crippen LogP contribution is -2.67. The molecule has 0 fully saturated rings. The van der Waals surface area contributed by atoms with Crippen LogP contribution in [-0.4, -0.2) is 71.1 Å². The third kappa shape index (κ3) is 8.48. The van der Waals surface area contributed by atoms with Gasteiger partial charge in [0.05, 0.1) is 6.54 Å². The highest BCUT2D eigenvalue weighted by molar-refractivity contribution is 6.99. The number of methoxy groups -OCH3 is 2. The van der Waals surface area contributed by atoms with Crippen molar-refractivity contribution in [2.75, 3.05) is 34.4 Å². The molecule has 0 radical (unpaired) electrons. The molecule has 1 amide bonds. The van der Waals surface area contributed by atoms with E-state index in [4.69, 9.17) is 18.6 Å². The van der Waals surface area contributed by atoms with Gasteiger partial charge in [0.1, 0.15) is 13.0 Å². The van der Waals surface area contributed by atoms with Gasteiger partial charge in [0.25, 0.3) is 14.2 Å². The topological polar surface area (TPSA) is 91.4 Å². The van der Waals surface area contributed by atoms with Crippen LogP contribution in [0.2, 0.25) is 5.04 Å². The molecule has 3 rings (SSSR count). The Balaban J connectivity index is 1.70. The molecular weight excluding hydrogens is 562 g/mol. The molecule has 0 saturated heterocycles. The molecule has 3 aromatic rings. The fourth-order valence-electron chi connectivity index (χ4n) is 5.26. The van der Waals surface area contributed by atoms with Crippen LogP contribution in [0, 0.1) is 0 Å². The van der Waals surface area contributed by atoms with Crippen LogP contribution in [0.1, 0.15) is 39.2 Å². The maximum atomic E-state index is 12.9. The number of nitrogens with zero attached hydrogens (tertiary/aromatic N) is 1. The van der Waals surface area contributed by atoms with Gasteiger partial charge in [-0.05, 0) is 21.0 Å². The molecule has 0 aliphatic heterocycles. The number of carbonyl (C=O) groups excluding carboxylic acids is 3.